The zero-order valence-electron chi connectivity index (χ0n) is 13.7. The number of rotatable bonds is 8. The summed E-state index contributed by atoms with van der Waals surface area (Å²) in [5, 5.41) is 2.75. The minimum Gasteiger partial charge on any atom is -0.377 e. The van der Waals surface area contributed by atoms with E-state index in [0.717, 1.165) is 12.8 Å². The third-order valence-corrected chi connectivity index (χ3v) is 4.31. The van der Waals surface area contributed by atoms with E-state index in [1.807, 2.05) is 7.11 Å². The van der Waals surface area contributed by atoms with E-state index in [2.05, 4.69) is 50.2 Å². The molecule has 0 N–H and O–H groups in total. The highest BCUT2D eigenvalue weighted by atomic mass is 16.5. The Morgan fingerprint density at radius 3 is 2.43 bits per heavy atom. The summed E-state index contributed by atoms with van der Waals surface area (Å²) < 4.78 is 5.81. The first-order valence-electron chi connectivity index (χ1n) is 8.35. The molecule has 2 aromatic rings. The van der Waals surface area contributed by atoms with Gasteiger partial charge in [0.15, 0.2) is 0 Å². The van der Waals surface area contributed by atoms with Gasteiger partial charge in [-0.15, -0.1) is 0 Å². The largest absolute Gasteiger partial charge is 0.377 e. The number of aryl methyl sites for hydroxylation is 1. The highest BCUT2D eigenvalue weighted by Crippen LogP contribution is 2.32. The highest BCUT2D eigenvalue weighted by Gasteiger charge is 2.16. The monoisotopic (exact) mass is 284 g/mol. The van der Waals surface area contributed by atoms with E-state index in [1.165, 1.54) is 47.6 Å². The molecule has 1 nitrogen and oxygen atoms in total. The molecule has 21 heavy (non-hydrogen) atoms. The van der Waals surface area contributed by atoms with Gasteiger partial charge in [0.25, 0.3) is 0 Å². The molecule has 0 amide bonds. The van der Waals surface area contributed by atoms with Gasteiger partial charge in [0.1, 0.15) is 0 Å². The summed E-state index contributed by atoms with van der Waals surface area (Å²) in [6.07, 6.45) is 7.42. The van der Waals surface area contributed by atoms with Crippen LogP contribution >= 0.6 is 0 Å². The second-order valence-electron chi connectivity index (χ2n) is 5.82. The Morgan fingerprint density at radius 2 is 1.71 bits per heavy atom. The first-order valence-corrected chi connectivity index (χ1v) is 8.35. The van der Waals surface area contributed by atoms with Crippen molar-refractivity contribution in [2.75, 3.05) is 7.11 Å². The van der Waals surface area contributed by atoms with Crippen LogP contribution in [0.4, 0.5) is 0 Å². The van der Waals surface area contributed by atoms with Crippen LogP contribution in [0.1, 0.15) is 63.2 Å². The summed E-state index contributed by atoms with van der Waals surface area (Å²) in [7, 11) is 1.85. The summed E-state index contributed by atoms with van der Waals surface area (Å²) in [5.74, 6) is 0. The van der Waals surface area contributed by atoms with E-state index in [9.17, 15) is 0 Å². The SMILES string of the molecule is CCCCc1c(C(CCCC)OC)ccc2ccccc12. The van der Waals surface area contributed by atoms with E-state index in [1.54, 1.807) is 0 Å². The van der Waals surface area contributed by atoms with Crippen LogP contribution in [-0.4, -0.2) is 7.11 Å². The van der Waals surface area contributed by atoms with Gasteiger partial charge in [0.05, 0.1) is 6.10 Å². The Labute approximate surface area is 129 Å². The summed E-state index contributed by atoms with van der Waals surface area (Å²) in [6, 6.07) is 13.3. The lowest BCUT2D eigenvalue weighted by molar-refractivity contribution is 0.0930. The van der Waals surface area contributed by atoms with Crippen molar-refractivity contribution in [2.24, 2.45) is 0 Å². The fourth-order valence-electron chi connectivity index (χ4n) is 3.08. The molecule has 0 heterocycles. The molecule has 0 aromatic heterocycles. The third-order valence-electron chi connectivity index (χ3n) is 4.31. The van der Waals surface area contributed by atoms with Crippen LogP contribution in [0.15, 0.2) is 36.4 Å². The second-order valence-corrected chi connectivity index (χ2v) is 5.82. The first kappa shape index (κ1) is 16.0. The van der Waals surface area contributed by atoms with Gasteiger partial charge >= 0.3 is 0 Å². The van der Waals surface area contributed by atoms with Crippen LogP contribution in [0.3, 0.4) is 0 Å². The van der Waals surface area contributed by atoms with Crippen molar-refractivity contribution in [3.63, 3.8) is 0 Å². The third kappa shape index (κ3) is 3.85. The average molecular weight is 284 g/mol. The molecular weight excluding hydrogens is 256 g/mol. The van der Waals surface area contributed by atoms with Crippen molar-refractivity contribution < 1.29 is 4.74 Å². The Morgan fingerprint density at radius 1 is 0.952 bits per heavy atom. The fourth-order valence-corrected chi connectivity index (χ4v) is 3.08. The summed E-state index contributed by atoms with van der Waals surface area (Å²) >= 11 is 0. The molecule has 0 radical (unpaired) electrons. The number of fused-ring (bicyclic) bond motifs is 1. The molecule has 1 unspecified atom stereocenters. The molecule has 0 aliphatic heterocycles. The molecule has 0 saturated heterocycles. The molecule has 0 fully saturated rings. The summed E-state index contributed by atoms with van der Waals surface area (Å²) in [6.45, 7) is 4.50. The van der Waals surface area contributed by atoms with E-state index in [0.29, 0.717) is 0 Å². The standard InChI is InChI=1S/C20H28O/c1-4-6-11-18-17-12-9-8-10-16(17)14-15-19(18)20(21-3)13-7-5-2/h8-10,12,14-15,20H,4-7,11,13H2,1-3H3. The topological polar surface area (TPSA) is 9.23 Å². The molecule has 2 aromatic carbocycles. The molecule has 1 atom stereocenters. The van der Waals surface area contributed by atoms with Crippen LogP contribution in [0.2, 0.25) is 0 Å². The predicted octanol–water partition coefficient (Wildman–Crippen LogP) is 6.06. The van der Waals surface area contributed by atoms with Crippen molar-refractivity contribution in [2.45, 2.75) is 58.5 Å². The van der Waals surface area contributed by atoms with Crippen LogP contribution in [-0.2, 0) is 11.2 Å². The summed E-state index contributed by atoms with van der Waals surface area (Å²) in [5.41, 5.74) is 2.90. The van der Waals surface area contributed by atoms with Gasteiger partial charge in [-0.3, -0.25) is 0 Å². The quantitative estimate of drug-likeness (QED) is 0.572. The normalized spacial score (nSPS) is 12.7. The zero-order chi connectivity index (χ0) is 15.1. The molecule has 0 saturated carbocycles. The van der Waals surface area contributed by atoms with Gasteiger partial charge in [-0.25, -0.2) is 0 Å². The van der Waals surface area contributed by atoms with E-state index in [4.69, 9.17) is 4.74 Å². The van der Waals surface area contributed by atoms with Gasteiger partial charge in [0.2, 0.25) is 0 Å². The lowest BCUT2D eigenvalue weighted by Crippen LogP contribution is -2.06. The number of hydrogen-bond acceptors (Lipinski definition) is 1. The van der Waals surface area contributed by atoms with Crippen molar-refractivity contribution in [1.82, 2.24) is 0 Å². The molecule has 2 rings (SSSR count). The number of hydrogen-bond donors (Lipinski definition) is 0. The Hall–Kier alpha value is -1.34. The summed E-state index contributed by atoms with van der Waals surface area (Å²) in [4.78, 5) is 0. The van der Waals surface area contributed by atoms with E-state index >= 15 is 0 Å². The first-order chi connectivity index (χ1) is 10.3. The van der Waals surface area contributed by atoms with Gasteiger partial charge in [-0.05, 0) is 41.2 Å². The van der Waals surface area contributed by atoms with Crippen LogP contribution in [0.25, 0.3) is 10.8 Å². The lowest BCUT2D eigenvalue weighted by Gasteiger charge is -2.21. The number of unbranched alkanes of at least 4 members (excludes halogenated alkanes) is 2. The molecule has 0 bridgehead atoms. The maximum atomic E-state index is 5.81. The number of methoxy groups -OCH3 is 1. The highest BCUT2D eigenvalue weighted by molar-refractivity contribution is 5.87. The van der Waals surface area contributed by atoms with Gasteiger partial charge in [0, 0.05) is 7.11 Å². The van der Waals surface area contributed by atoms with Crippen molar-refractivity contribution >= 4 is 10.8 Å². The van der Waals surface area contributed by atoms with Gasteiger partial charge in [-0.2, -0.15) is 0 Å². The van der Waals surface area contributed by atoms with Crippen LogP contribution < -0.4 is 0 Å². The molecule has 0 spiro atoms. The molecule has 114 valence electrons. The maximum absolute atomic E-state index is 5.81. The minimum absolute atomic E-state index is 0.237. The molecule has 0 aliphatic carbocycles. The van der Waals surface area contributed by atoms with Gasteiger partial charge < -0.3 is 4.74 Å². The molecule has 0 aliphatic rings. The number of benzene rings is 2. The smallest absolute Gasteiger partial charge is 0.0824 e. The fraction of sp³-hybridized carbons (Fsp3) is 0.500. The van der Waals surface area contributed by atoms with Crippen molar-refractivity contribution in [3.05, 3.63) is 47.5 Å². The van der Waals surface area contributed by atoms with Crippen LogP contribution in [0, 0.1) is 0 Å². The molecule has 1 heteroatoms. The van der Waals surface area contributed by atoms with E-state index < -0.39 is 0 Å². The van der Waals surface area contributed by atoms with E-state index in [-0.39, 0.29) is 6.10 Å². The number of ether oxygens (including phenoxy) is 1. The molecular formula is C20H28O. The predicted molar refractivity (Wildman–Crippen MR) is 91.8 cm³/mol. The maximum Gasteiger partial charge on any atom is 0.0824 e. The minimum atomic E-state index is 0.237. The second kappa shape index (κ2) is 8.19. The lowest BCUT2D eigenvalue weighted by atomic mass is 9.90. The Bertz CT molecular complexity index is 559. The van der Waals surface area contributed by atoms with Crippen LogP contribution in [0.5, 0.6) is 0 Å². The van der Waals surface area contributed by atoms with Crippen molar-refractivity contribution in [3.8, 4) is 0 Å². The van der Waals surface area contributed by atoms with Gasteiger partial charge in [-0.1, -0.05) is 69.5 Å². The Balaban J connectivity index is 2.44. The Kier molecular flexibility index (Phi) is 6.25. The average Bonchev–Trinajstić information content (AvgIpc) is 2.54. The van der Waals surface area contributed by atoms with Crippen molar-refractivity contribution in [1.29, 1.82) is 0 Å². The zero-order valence-corrected chi connectivity index (χ0v) is 13.7.